The standard InChI is InChI=1S/C11H23NO2S/c1-11(2,3)10(12-4)7-9-5-6-15(13,14)8-9/h9-10,12H,5-8H2,1-4H3. The molecule has 0 aliphatic carbocycles. The highest BCUT2D eigenvalue weighted by atomic mass is 32.2. The summed E-state index contributed by atoms with van der Waals surface area (Å²) in [5.74, 6) is 1.13. The Balaban J connectivity index is 2.55. The van der Waals surface area contributed by atoms with Crippen molar-refractivity contribution in [3.05, 3.63) is 0 Å². The van der Waals surface area contributed by atoms with Crippen LogP contribution in [0.15, 0.2) is 0 Å². The Bertz CT molecular complexity index is 303. The predicted molar refractivity (Wildman–Crippen MR) is 63.7 cm³/mol. The normalized spacial score (nSPS) is 27.9. The molecule has 1 N–H and O–H groups in total. The molecule has 0 aromatic rings. The van der Waals surface area contributed by atoms with Crippen LogP contribution in [-0.2, 0) is 9.84 Å². The zero-order chi connectivity index (χ0) is 11.7. The van der Waals surface area contributed by atoms with Gasteiger partial charge in [0.25, 0.3) is 0 Å². The third kappa shape index (κ3) is 3.76. The van der Waals surface area contributed by atoms with Crippen molar-refractivity contribution in [3.8, 4) is 0 Å². The summed E-state index contributed by atoms with van der Waals surface area (Å²) in [6, 6.07) is 0.399. The minimum absolute atomic E-state index is 0.196. The van der Waals surface area contributed by atoms with Crippen LogP contribution >= 0.6 is 0 Å². The molecule has 2 atom stereocenters. The molecular formula is C11H23NO2S. The lowest BCUT2D eigenvalue weighted by Crippen LogP contribution is -2.39. The van der Waals surface area contributed by atoms with Gasteiger partial charge in [-0.2, -0.15) is 0 Å². The van der Waals surface area contributed by atoms with Crippen molar-refractivity contribution >= 4 is 9.84 Å². The average Bonchev–Trinajstić information content (AvgIpc) is 2.39. The first kappa shape index (κ1) is 13.0. The SMILES string of the molecule is CNC(CC1CCS(=O)(=O)C1)C(C)(C)C. The summed E-state index contributed by atoms with van der Waals surface area (Å²) in [5.41, 5.74) is 0.196. The topological polar surface area (TPSA) is 46.2 Å². The molecule has 0 bridgehead atoms. The van der Waals surface area contributed by atoms with E-state index in [9.17, 15) is 8.42 Å². The van der Waals surface area contributed by atoms with E-state index in [0.29, 0.717) is 23.5 Å². The Hall–Kier alpha value is -0.0900. The van der Waals surface area contributed by atoms with Crippen LogP contribution in [-0.4, -0.2) is 33.0 Å². The maximum atomic E-state index is 11.3. The first-order valence-corrected chi connectivity index (χ1v) is 7.44. The highest BCUT2D eigenvalue weighted by Crippen LogP contribution is 2.29. The van der Waals surface area contributed by atoms with Gasteiger partial charge in [0.15, 0.2) is 9.84 Å². The molecule has 0 amide bonds. The van der Waals surface area contributed by atoms with Crippen molar-refractivity contribution in [1.82, 2.24) is 5.32 Å². The molecule has 1 saturated heterocycles. The monoisotopic (exact) mass is 233 g/mol. The van der Waals surface area contributed by atoms with Gasteiger partial charge in [-0.3, -0.25) is 0 Å². The fourth-order valence-electron chi connectivity index (χ4n) is 2.30. The van der Waals surface area contributed by atoms with E-state index in [4.69, 9.17) is 0 Å². The summed E-state index contributed by atoms with van der Waals surface area (Å²) >= 11 is 0. The first-order chi connectivity index (χ1) is 6.74. The quantitative estimate of drug-likeness (QED) is 0.802. The smallest absolute Gasteiger partial charge is 0.150 e. The molecule has 1 fully saturated rings. The van der Waals surface area contributed by atoms with E-state index < -0.39 is 9.84 Å². The second kappa shape index (κ2) is 4.42. The molecule has 90 valence electrons. The summed E-state index contributed by atoms with van der Waals surface area (Å²) in [7, 11) is -0.765. The molecule has 0 aromatic carbocycles. The van der Waals surface area contributed by atoms with E-state index in [2.05, 4.69) is 26.1 Å². The lowest BCUT2D eigenvalue weighted by atomic mass is 9.81. The maximum Gasteiger partial charge on any atom is 0.150 e. The molecule has 1 aliphatic rings. The summed E-state index contributed by atoms with van der Waals surface area (Å²) in [4.78, 5) is 0. The van der Waals surface area contributed by atoms with Crippen molar-refractivity contribution in [2.24, 2.45) is 11.3 Å². The van der Waals surface area contributed by atoms with E-state index in [-0.39, 0.29) is 5.41 Å². The van der Waals surface area contributed by atoms with Crippen LogP contribution in [0, 0.1) is 11.3 Å². The summed E-state index contributed by atoms with van der Waals surface area (Å²) in [6.45, 7) is 6.58. The Labute approximate surface area is 93.6 Å². The Morgan fingerprint density at radius 1 is 1.40 bits per heavy atom. The molecule has 0 radical (unpaired) electrons. The molecule has 4 heteroatoms. The van der Waals surface area contributed by atoms with Gasteiger partial charge in [-0.05, 0) is 31.2 Å². The molecule has 15 heavy (non-hydrogen) atoms. The van der Waals surface area contributed by atoms with Gasteiger partial charge in [0.1, 0.15) is 0 Å². The first-order valence-electron chi connectivity index (χ1n) is 5.62. The Morgan fingerprint density at radius 3 is 2.33 bits per heavy atom. The van der Waals surface area contributed by atoms with Gasteiger partial charge in [0.2, 0.25) is 0 Å². The molecule has 3 nitrogen and oxygen atoms in total. The van der Waals surface area contributed by atoms with Crippen LogP contribution < -0.4 is 5.32 Å². The van der Waals surface area contributed by atoms with Crippen LogP contribution in [0.25, 0.3) is 0 Å². The molecule has 0 spiro atoms. The predicted octanol–water partition coefficient (Wildman–Crippen LogP) is 1.45. The summed E-state index contributed by atoms with van der Waals surface area (Å²) in [5, 5.41) is 3.30. The van der Waals surface area contributed by atoms with Gasteiger partial charge in [0.05, 0.1) is 11.5 Å². The number of nitrogens with one attached hydrogen (secondary N) is 1. The average molecular weight is 233 g/mol. The molecule has 1 heterocycles. The lowest BCUT2D eigenvalue weighted by Gasteiger charge is -2.32. The van der Waals surface area contributed by atoms with Crippen molar-refractivity contribution in [2.75, 3.05) is 18.6 Å². The molecular weight excluding hydrogens is 210 g/mol. The van der Waals surface area contributed by atoms with Gasteiger partial charge >= 0.3 is 0 Å². The van der Waals surface area contributed by atoms with Crippen molar-refractivity contribution in [2.45, 2.75) is 39.7 Å². The number of hydrogen-bond donors (Lipinski definition) is 1. The fraction of sp³-hybridized carbons (Fsp3) is 1.00. The van der Waals surface area contributed by atoms with Gasteiger partial charge in [0, 0.05) is 6.04 Å². The summed E-state index contributed by atoms with van der Waals surface area (Å²) < 4.78 is 22.7. The molecule has 0 aromatic heterocycles. The lowest BCUT2D eigenvalue weighted by molar-refractivity contribution is 0.242. The molecule has 1 rings (SSSR count). The molecule has 1 aliphatic heterocycles. The van der Waals surface area contributed by atoms with Crippen molar-refractivity contribution < 1.29 is 8.42 Å². The zero-order valence-electron chi connectivity index (χ0n) is 10.2. The van der Waals surface area contributed by atoms with E-state index in [1.54, 1.807) is 0 Å². The number of rotatable bonds is 3. The van der Waals surface area contributed by atoms with Crippen LogP contribution in [0.2, 0.25) is 0 Å². The third-order valence-corrected chi connectivity index (χ3v) is 5.13. The third-order valence-electron chi connectivity index (χ3n) is 3.29. The fourth-order valence-corrected chi connectivity index (χ4v) is 4.18. The minimum Gasteiger partial charge on any atom is -0.316 e. The Kier molecular flexibility index (Phi) is 3.82. The van der Waals surface area contributed by atoms with Crippen LogP contribution in [0.1, 0.15) is 33.6 Å². The van der Waals surface area contributed by atoms with Gasteiger partial charge in [-0.25, -0.2) is 8.42 Å². The van der Waals surface area contributed by atoms with E-state index in [1.807, 2.05) is 7.05 Å². The van der Waals surface area contributed by atoms with E-state index >= 15 is 0 Å². The second-order valence-electron chi connectivity index (χ2n) is 5.71. The van der Waals surface area contributed by atoms with Crippen LogP contribution in [0.3, 0.4) is 0 Å². The van der Waals surface area contributed by atoms with Crippen LogP contribution in [0.5, 0.6) is 0 Å². The summed E-state index contributed by atoms with van der Waals surface area (Å²) in [6.07, 6.45) is 1.82. The van der Waals surface area contributed by atoms with Crippen LogP contribution in [0.4, 0.5) is 0 Å². The molecule has 2 unspecified atom stereocenters. The van der Waals surface area contributed by atoms with Crippen molar-refractivity contribution in [3.63, 3.8) is 0 Å². The largest absolute Gasteiger partial charge is 0.316 e. The number of hydrogen-bond acceptors (Lipinski definition) is 3. The maximum absolute atomic E-state index is 11.3. The zero-order valence-corrected chi connectivity index (χ0v) is 11.0. The second-order valence-corrected chi connectivity index (χ2v) is 7.94. The number of sulfone groups is 1. The highest BCUT2D eigenvalue weighted by molar-refractivity contribution is 7.91. The minimum atomic E-state index is -2.72. The van der Waals surface area contributed by atoms with E-state index in [1.165, 1.54) is 0 Å². The molecule has 0 saturated carbocycles. The van der Waals surface area contributed by atoms with Gasteiger partial charge < -0.3 is 5.32 Å². The Morgan fingerprint density at radius 2 is 2.00 bits per heavy atom. The van der Waals surface area contributed by atoms with Gasteiger partial charge in [-0.15, -0.1) is 0 Å². The highest BCUT2D eigenvalue weighted by Gasteiger charge is 2.32. The van der Waals surface area contributed by atoms with Crippen molar-refractivity contribution in [1.29, 1.82) is 0 Å². The van der Waals surface area contributed by atoms with E-state index in [0.717, 1.165) is 12.8 Å². The van der Waals surface area contributed by atoms with Gasteiger partial charge in [-0.1, -0.05) is 20.8 Å².